The Morgan fingerprint density at radius 3 is 2.37 bits per heavy atom. The minimum Gasteiger partial charge on any atom is -0.490 e. The van der Waals surface area contributed by atoms with Crippen LogP contribution in [0.25, 0.3) is 6.08 Å². The fourth-order valence-corrected chi connectivity index (χ4v) is 4.31. The Bertz CT molecular complexity index is 1250. The molecule has 1 aliphatic rings. The lowest BCUT2D eigenvalue weighted by Gasteiger charge is -2.12. The SMILES string of the molecule is O=C(CN1C(=O)S/C(=C/c2ccccc2OCCOc2ccccc2)C1=O)Nc1ccc(Br)cc1. The average molecular weight is 553 g/mol. The lowest BCUT2D eigenvalue weighted by Crippen LogP contribution is -2.36. The summed E-state index contributed by atoms with van der Waals surface area (Å²) in [4.78, 5) is 38.8. The number of amides is 3. The van der Waals surface area contributed by atoms with Crippen molar-refractivity contribution in [2.45, 2.75) is 0 Å². The number of para-hydroxylation sites is 2. The maximum atomic E-state index is 12.9. The molecule has 35 heavy (non-hydrogen) atoms. The number of hydrogen-bond acceptors (Lipinski definition) is 6. The van der Waals surface area contributed by atoms with E-state index in [4.69, 9.17) is 9.47 Å². The van der Waals surface area contributed by atoms with Gasteiger partial charge in [-0.1, -0.05) is 52.3 Å². The number of hydrogen-bond donors (Lipinski definition) is 1. The van der Waals surface area contributed by atoms with Crippen LogP contribution in [0.5, 0.6) is 11.5 Å². The number of carbonyl (C=O) groups excluding carboxylic acids is 3. The van der Waals surface area contributed by atoms with Crippen LogP contribution in [0, 0.1) is 0 Å². The molecule has 0 atom stereocenters. The van der Waals surface area contributed by atoms with E-state index in [2.05, 4.69) is 21.2 Å². The van der Waals surface area contributed by atoms with E-state index in [-0.39, 0.29) is 11.4 Å². The molecule has 1 heterocycles. The number of carbonyl (C=O) groups is 3. The van der Waals surface area contributed by atoms with Crippen molar-refractivity contribution in [2.24, 2.45) is 0 Å². The Morgan fingerprint density at radius 1 is 0.914 bits per heavy atom. The van der Waals surface area contributed by atoms with Crippen molar-refractivity contribution in [3.8, 4) is 11.5 Å². The highest BCUT2D eigenvalue weighted by Crippen LogP contribution is 2.34. The Morgan fingerprint density at radius 2 is 1.60 bits per heavy atom. The van der Waals surface area contributed by atoms with Crippen LogP contribution in [0.3, 0.4) is 0 Å². The van der Waals surface area contributed by atoms with Crippen LogP contribution in [0.1, 0.15) is 5.56 Å². The summed E-state index contributed by atoms with van der Waals surface area (Å²) >= 11 is 4.12. The third-order valence-corrected chi connectivity index (χ3v) is 6.30. The van der Waals surface area contributed by atoms with E-state index < -0.39 is 17.1 Å². The van der Waals surface area contributed by atoms with E-state index in [1.165, 1.54) is 0 Å². The first-order chi connectivity index (χ1) is 17.0. The summed E-state index contributed by atoms with van der Waals surface area (Å²) < 4.78 is 12.4. The quantitative estimate of drug-likeness (QED) is 0.275. The van der Waals surface area contributed by atoms with Crippen molar-refractivity contribution in [3.05, 3.63) is 93.8 Å². The molecule has 9 heteroatoms. The van der Waals surface area contributed by atoms with Crippen molar-refractivity contribution in [3.63, 3.8) is 0 Å². The number of rotatable bonds is 9. The van der Waals surface area contributed by atoms with Crippen molar-refractivity contribution in [2.75, 3.05) is 25.1 Å². The second-order valence-electron chi connectivity index (χ2n) is 7.37. The normalized spacial score (nSPS) is 14.3. The van der Waals surface area contributed by atoms with Gasteiger partial charge in [0, 0.05) is 15.7 Å². The molecule has 3 aromatic carbocycles. The second-order valence-corrected chi connectivity index (χ2v) is 9.28. The zero-order valence-corrected chi connectivity index (χ0v) is 20.9. The van der Waals surface area contributed by atoms with Crippen molar-refractivity contribution in [1.29, 1.82) is 0 Å². The zero-order chi connectivity index (χ0) is 24.6. The van der Waals surface area contributed by atoms with Gasteiger partial charge in [-0.05, 0) is 60.3 Å². The molecule has 178 valence electrons. The Kier molecular flexibility index (Phi) is 8.23. The fourth-order valence-electron chi connectivity index (χ4n) is 3.21. The minimum absolute atomic E-state index is 0.225. The van der Waals surface area contributed by atoms with Crippen molar-refractivity contribution in [1.82, 2.24) is 4.90 Å². The molecule has 0 saturated carbocycles. The fraction of sp³-hybridized carbons (Fsp3) is 0.115. The predicted molar refractivity (Wildman–Crippen MR) is 139 cm³/mol. The molecule has 4 rings (SSSR count). The first-order valence-corrected chi connectivity index (χ1v) is 12.3. The molecule has 1 fully saturated rings. The molecule has 0 unspecified atom stereocenters. The van der Waals surface area contributed by atoms with Gasteiger partial charge in [0.15, 0.2) is 0 Å². The highest BCUT2D eigenvalue weighted by Gasteiger charge is 2.36. The van der Waals surface area contributed by atoms with Crippen molar-refractivity contribution < 1.29 is 23.9 Å². The van der Waals surface area contributed by atoms with E-state index in [0.717, 1.165) is 26.9 Å². The Labute approximate surface area is 215 Å². The van der Waals surface area contributed by atoms with E-state index in [9.17, 15) is 14.4 Å². The predicted octanol–water partition coefficient (Wildman–Crippen LogP) is 5.58. The molecule has 0 aromatic heterocycles. The molecule has 0 aliphatic carbocycles. The average Bonchev–Trinajstić information content (AvgIpc) is 3.12. The van der Waals surface area contributed by atoms with E-state index in [1.54, 1.807) is 42.5 Å². The van der Waals surface area contributed by atoms with Gasteiger partial charge in [0.05, 0.1) is 4.91 Å². The van der Waals surface area contributed by atoms with Gasteiger partial charge in [-0.3, -0.25) is 19.3 Å². The number of imide groups is 1. The number of nitrogens with zero attached hydrogens (tertiary/aromatic N) is 1. The molecule has 7 nitrogen and oxygen atoms in total. The number of ether oxygens (including phenoxy) is 2. The molecule has 3 aromatic rings. The molecule has 3 amide bonds. The largest absolute Gasteiger partial charge is 0.490 e. The van der Waals surface area contributed by atoms with Gasteiger partial charge in [0.2, 0.25) is 5.91 Å². The van der Waals surface area contributed by atoms with Crippen molar-refractivity contribution >= 4 is 56.5 Å². The number of anilines is 1. The van der Waals surface area contributed by atoms with Gasteiger partial charge in [0.25, 0.3) is 11.1 Å². The molecular formula is C26H21BrN2O5S. The summed E-state index contributed by atoms with van der Waals surface area (Å²) in [6.07, 6.45) is 1.60. The molecule has 0 radical (unpaired) electrons. The molecule has 0 bridgehead atoms. The van der Waals surface area contributed by atoms with Gasteiger partial charge in [0.1, 0.15) is 31.3 Å². The van der Waals surface area contributed by atoms with Crippen LogP contribution in [0.2, 0.25) is 0 Å². The summed E-state index contributed by atoms with van der Waals surface area (Å²) in [6, 6.07) is 23.6. The van der Waals surface area contributed by atoms with Gasteiger partial charge >= 0.3 is 0 Å². The molecule has 0 spiro atoms. The third-order valence-electron chi connectivity index (χ3n) is 4.86. The lowest BCUT2D eigenvalue weighted by atomic mass is 10.2. The van der Waals surface area contributed by atoms with Crippen LogP contribution in [0.15, 0.2) is 88.2 Å². The van der Waals surface area contributed by atoms with Gasteiger partial charge in [-0.2, -0.15) is 0 Å². The maximum Gasteiger partial charge on any atom is 0.294 e. The summed E-state index contributed by atoms with van der Waals surface area (Å²) in [5.41, 5.74) is 1.22. The van der Waals surface area contributed by atoms with E-state index >= 15 is 0 Å². The summed E-state index contributed by atoms with van der Waals surface area (Å²) in [5, 5.41) is 2.19. The molecule has 1 aliphatic heterocycles. The van der Waals surface area contributed by atoms with E-state index in [1.807, 2.05) is 42.5 Å². The third kappa shape index (κ3) is 6.74. The van der Waals surface area contributed by atoms with Crippen LogP contribution in [-0.4, -0.2) is 41.7 Å². The summed E-state index contributed by atoms with van der Waals surface area (Å²) in [5.74, 6) is 0.331. The number of halogens is 1. The van der Waals surface area contributed by atoms with E-state index in [0.29, 0.717) is 30.2 Å². The topological polar surface area (TPSA) is 84.9 Å². The van der Waals surface area contributed by atoms with Crippen LogP contribution >= 0.6 is 27.7 Å². The van der Waals surface area contributed by atoms with Gasteiger partial charge in [-0.25, -0.2) is 0 Å². The number of benzene rings is 3. The monoisotopic (exact) mass is 552 g/mol. The molecule has 1 saturated heterocycles. The van der Waals surface area contributed by atoms with Gasteiger partial charge in [-0.15, -0.1) is 0 Å². The standard InChI is InChI=1S/C26H21BrN2O5S/c27-19-10-12-20(13-11-19)28-24(30)17-29-25(31)23(35-26(29)32)16-18-6-4-5-9-22(18)34-15-14-33-21-7-2-1-3-8-21/h1-13,16H,14-15,17H2,(H,28,30)/b23-16+. The van der Waals surface area contributed by atoms with Crippen LogP contribution < -0.4 is 14.8 Å². The zero-order valence-electron chi connectivity index (χ0n) is 18.5. The van der Waals surface area contributed by atoms with Crippen LogP contribution in [-0.2, 0) is 9.59 Å². The Balaban J connectivity index is 1.37. The molecule has 1 N–H and O–H groups in total. The Hall–Kier alpha value is -3.56. The second kappa shape index (κ2) is 11.7. The highest BCUT2D eigenvalue weighted by atomic mass is 79.9. The number of thioether (sulfide) groups is 1. The lowest BCUT2D eigenvalue weighted by molar-refractivity contribution is -0.127. The first-order valence-electron chi connectivity index (χ1n) is 10.7. The summed E-state index contributed by atoms with van der Waals surface area (Å²) in [7, 11) is 0. The smallest absolute Gasteiger partial charge is 0.294 e. The number of nitrogens with one attached hydrogen (secondary N) is 1. The van der Waals surface area contributed by atoms with Crippen LogP contribution in [0.4, 0.5) is 10.5 Å². The first kappa shape index (κ1) is 24.6. The maximum absolute atomic E-state index is 12.9. The highest BCUT2D eigenvalue weighted by molar-refractivity contribution is 9.10. The van der Waals surface area contributed by atoms with Gasteiger partial charge < -0.3 is 14.8 Å². The summed E-state index contributed by atoms with van der Waals surface area (Å²) in [6.45, 7) is 0.285. The molecular weight excluding hydrogens is 532 g/mol. The minimum atomic E-state index is -0.520.